The fraction of sp³-hybridized carbons (Fsp3) is 0.308. The number of carbonyl (C=O) groups is 1. The molecule has 17 heavy (non-hydrogen) atoms. The van der Waals surface area contributed by atoms with Gasteiger partial charge in [-0.3, -0.25) is 4.79 Å². The number of hydrogen-bond donors (Lipinski definition) is 2. The first-order valence-electron chi connectivity index (χ1n) is 5.41. The molecule has 4 N–H and O–H groups in total. The zero-order chi connectivity index (χ0) is 13.0. The van der Waals surface area contributed by atoms with Crippen LogP contribution in [-0.2, 0) is 11.2 Å². The van der Waals surface area contributed by atoms with E-state index in [-0.39, 0.29) is 5.78 Å². The Kier molecular flexibility index (Phi) is 4.58. The van der Waals surface area contributed by atoms with E-state index in [0.29, 0.717) is 23.6 Å². The molecule has 0 aliphatic heterocycles. The van der Waals surface area contributed by atoms with Crippen LogP contribution in [-0.4, -0.2) is 5.78 Å². The van der Waals surface area contributed by atoms with Crippen molar-refractivity contribution >= 4 is 23.1 Å². The molecule has 1 aromatic carbocycles. The molecule has 0 heterocycles. The normalized spacial score (nSPS) is 11.6. The average molecular weight is 253 g/mol. The molecule has 0 unspecified atom stereocenters. The van der Waals surface area contributed by atoms with E-state index in [2.05, 4.69) is 0 Å². The number of benzene rings is 1. The summed E-state index contributed by atoms with van der Waals surface area (Å²) in [5, 5.41) is 0.687. The minimum Gasteiger partial charge on any atom is -0.402 e. The molecule has 0 bridgehead atoms. The Bertz CT molecular complexity index is 467. The lowest BCUT2D eigenvalue weighted by atomic mass is 10.0. The van der Waals surface area contributed by atoms with Crippen LogP contribution < -0.4 is 11.5 Å². The Morgan fingerprint density at radius 1 is 1.47 bits per heavy atom. The monoisotopic (exact) mass is 252 g/mol. The van der Waals surface area contributed by atoms with E-state index in [1.54, 1.807) is 0 Å². The number of allylic oxidation sites excluding steroid dienone is 2. The molecule has 92 valence electrons. The second-order valence-corrected chi connectivity index (χ2v) is 4.54. The molecule has 1 rings (SSSR count). The second-order valence-electron chi connectivity index (χ2n) is 4.13. The Hall–Kier alpha value is -1.48. The highest BCUT2D eigenvalue weighted by Crippen LogP contribution is 2.24. The van der Waals surface area contributed by atoms with Crippen molar-refractivity contribution in [2.45, 2.75) is 26.7 Å². The van der Waals surface area contributed by atoms with Gasteiger partial charge in [-0.15, -0.1) is 0 Å². The lowest BCUT2D eigenvalue weighted by Crippen LogP contribution is -2.03. The van der Waals surface area contributed by atoms with Gasteiger partial charge in [-0.05, 0) is 56.0 Å². The quantitative estimate of drug-likeness (QED) is 0.639. The van der Waals surface area contributed by atoms with Crippen molar-refractivity contribution in [3.05, 3.63) is 40.1 Å². The molecule has 0 aliphatic rings. The largest absolute Gasteiger partial charge is 0.402 e. The van der Waals surface area contributed by atoms with Crippen LogP contribution in [0.3, 0.4) is 0 Å². The fourth-order valence-corrected chi connectivity index (χ4v) is 1.85. The van der Waals surface area contributed by atoms with Crippen molar-refractivity contribution < 1.29 is 4.79 Å². The van der Waals surface area contributed by atoms with Gasteiger partial charge in [-0.25, -0.2) is 0 Å². The van der Waals surface area contributed by atoms with Gasteiger partial charge in [0.25, 0.3) is 0 Å². The van der Waals surface area contributed by atoms with Gasteiger partial charge in [0.1, 0.15) is 0 Å². The van der Waals surface area contributed by atoms with E-state index in [1.807, 2.05) is 19.1 Å². The molecular weight excluding hydrogens is 236 g/mol. The van der Waals surface area contributed by atoms with Crippen LogP contribution in [0.15, 0.2) is 23.9 Å². The summed E-state index contributed by atoms with van der Waals surface area (Å²) in [6.45, 7) is 3.39. The van der Waals surface area contributed by atoms with Gasteiger partial charge in [-0.1, -0.05) is 11.6 Å². The Balaban J connectivity index is 2.76. The molecule has 1 aromatic rings. The van der Waals surface area contributed by atoms with Gasteiger partial charge in [-0.2, -0.15) is 0 Å². The highest BCUT2D eigenvalue weighted by Gasteiger charge is 2.04. The van der Waals surface area contributed by atoms with E-state index < -0.39 is 0 Å². The summed E-state index contributed by atoms with van der Waals surface area (Å²) in [6.07, 6.45) is 2.71. The first-order valence-corrected chi connectivity index (χ1v) is 5.79. The number of nitrogens with two attached hydrogens (primary N) is 2. The van der Waals surface area contributed by atoms with Gasteiger partial charge in [0.15, 0.2) is 5.78 Å². The van der Waals surface area contributed by atoms with E-state index in [1.165, 1.54) is 13.0 Å². The minimum atomic E-state index is -0.0444. The Morgan fingerprint density at radius 2 is 2.12 bits per heavy atom. The first-order chi connectivity index (χ1) is 7.90. The van der Waals surface area contributed by atoms with E-state index in [4.69, 9.17) is 23.1 Å². The third kappa shape index (κ3) is 4.11. The minimum absolute atomic E-state index is 0.0444. The van der Waals surface area contributed by atoms with Crippen LogP contribution in [0.5, 0.6) is 0 Å². The first kappa shape index (κ1) is 13.6. The predicted octanol–water partition coefficient (Wildman–Crippen LogP) is 2.59. The molecule has 3 nitrogen and oxygen atoms in total. The van der Waals surface area contributed by atoms with Crippen LogP contribution in [0.2, 0.25) is 5.02 Å². The summed E-state index contributed by atoms with van der Waals surface area (Å²) in [5.41, 5.74) is 14.7. The number of rotatable bonds is 4. The lowest BCUT2D eigenvalue weighted by Gasteiger charge is -2.08. The van der Waals surface area contributed by atoms with Gasteiger partial charge in [0.05, 0.1) is 0 Å². The third-order valence-corrected chi connectivity index (χ3v) is 2.86. The number of nitrogen functional groups attached to an aromatic ring is 1. The SMILES string of the molecule is CC(=O)/C=C(\N)CCc1cc(N)c(C)cc1Cl. The van der Waals surface area contributed by atoms with Gasteiger partial charge in [0, 0.05) is 16.4 Å². The Labute approximate surface area is 106 Å². The van der Waals surface area contributed by atoms with Crippen LogP contribution >= 0.6 is 11.6 Å². The molecule has 0 radical (unpaired) electrons. The van der Waals surface area contributed by atoms with E-state index in [9.17, 15) is 4.79 Å². The number of halogens is 1. The molecule has 0 saturated heterocycles. The van der Waals surface area contributed by atoms with E-state index >= 15 is 0 Å². The van der Waals surface area contributed by atoms with Gasteiger partial charge >= 0.3 is 0 Å². The summed E-state index contributed by atoms with van der Waals surface area (Å²) in [5.74, 6) is -0.0444. The maximum Gasteiger partial charge on any atom is 0.154 e. The summed E-state index contributed by atoms with van der Waals surface area (Å²) in [7, 11) is 0. The number of ketones is 1. The van der Waals surface area contributed by atoms with Crippen molar-refractivity contribution in [3.8, 4) is 0 Å². The summed E-state index contributed by atoms with van der Waals surface area (Å²) in [6, 6.07) is 3.70. The smallest absolute Gasteiger partial charge is 0.154 e. The topological polar surface area (TPSA) is 69.1 Å². The second kappa shape index (κ2) is 5.73. The standard InChI is InChI=1S/C13H17ClN2O/c1-8-5-12(14)10(7-13(8)16)3-4-11(15)6-9(2)17/h5-7H,3-4,15-16H2,1-2H3/b11-6-. The maximum atomic E-state index is 10.8. The summed E-state index contributed by atoms with van der Waals surface area (Å²) in [4.78, 5) is 10.8. The van der Waals surface area contributed by atoms with Crippen molar-refractivity contribution in [2.24, 2.45) is 5.73 Å². The highest BCUT2D eigenvalue weighted by atomic mass is 35.5. The lowest BCUT2D eigenvalue weighted by molar-refractivity contribution is -0.112. The number of anilines is 1. The van der Waals surface area contributed by atoms with E-state index in [0.717, 1.165) is 16.8 Å². The van der Waals surface area contributed by atoms with Gasteiger partial charge < -0.3 is 11.5 Å². The third-order valence-electron chi connectivity index (χ3n) is 2.51. The zero-order valence-corrected chi connectivity index (χ0v) is 10.8. The number of hydrogen-bond acceptors (Lipinski definition) is 3. The van der Waals surface area contributed by atoms with Gasteiger partial charge in [0.2, 0.25) is 0 Å². The Morgan fingerprint density at radius 3 is 2.71 bits per heavy atom. The number of aryl methyl sites for hydroxylation is 2. The fourth-order valence-electron chi connectivity index (χ4n) is 1.54. The number of carbonyl (C=O) groups excluding carboxylic acids is 1. The van der Waals surface area contributed by atoms with Crippen LogP contribution in [0.4, 0.5) is 5.69 Å². The van der Waals surface area contributed by atoms with Crippen molar-refractivity contribution in [2.75, 3.05) is 5.73 Å². The summed E-state index contributed by atoms with van der Waals surface area (Å²) >= 11 is 6.11. The van der Waals surface area contributed by atoms with Crippen LogP contribution in [0, 0.1) is 6.92 Å². The van der Waals surface area contributed by atoms with Crippen molar-refractivity contribution in [3.63, 3.8) is 0 Å². The van der Waals surface area contributed by atoms with Crippen molar-refractivity contribution in [1.82, 2.24) is 0 Å². The molecule has 0 saturated carbocycles. The molecule has 0 amide bonds. The highest BCUT2D eigenvalue weighted by molar-refractivity contribution is 6.31. The molecule has 0 aliphatic carbocycles. The van der Waals surface area contributed by atoms with Crippen LogP contribution in [0.1, 0.15) is 24.5 Å². The molecule has 0 spiro atoms. The maximum absolute atomic E-state index is 10.8. The van der Waals surface area contributed by atoms with Crippen LogP contribution in [0.25, 0.3) is 0 Å². The molecule has 0 fully saturated rings. The molecule has 4 heteroatoms. The molecule has 0 aromatic heterocycles. The zero-order valence-electron chi connectivity index (χ0n) is 10.1. The average Bonchev–Trinajstić information content (AvgIpc) is 2.20. The molecular formula is C13H17ClN2O. The van der Waals surface area contributed by atoms with Crippen molar-refractivity contribution in [1.29, 1.82) is 0 Å². The summed E-state index contributed by atoms with van der Waals surface area (Å²) < 4.78 is 0. The predicted molar refractivity (Wildman–Crippen MR) is 71.9 cm³/mol. The molecule has 0 atom stereocenters.